The Kier molecular flexibility index (Phi) is 6.06. The largest absolute Gasteiger partial charge is 0.477 e. The van der Waals surface area contributed by atoms with E-state index in [1.54, 1.807) is 15.8 Å². The summed E-state index contributed by atoms with van der Waals surface area (Å²) >= 11 is 6.73. The molecule has 1 amide bonds. The number of pyridine rings is 1. The maximum Gasteiger partial charge on any atom is 0.341 e. The number of aromatic nitrogens is 3. The lowest BCUT2D eigenvalue weighted by atomic mass is 10.1. The van der Waals surface area contributed by atoms with E-state index in [1.165, 1.54) is 6.20 Å². The zero-order valence-corrected chi connectivity index (χ0v) is 21.1. The number of benzene rings is 2. The highest BCUT2D eigenvalue weighted by molar-refractivity contribution is 6.38. The van der Waals surface area contributed by atoms with E-state index in [0.717, 1.165) is 29.9 Å². The minimum atomic E-state index is -1.36. The fourth-order valence-corrected chi connectivity index (χ4v) is 5.72. The number of hydrogen-bond acceptors (Lipinski definition) is 5. The number of hydrogen-bond donors (Lipinski definition) is 2. The van der Waals surface area contributed by atoms with E-state index in [2.05, 4.69) is 10.3 Å². The molecule has 0 radical (unpaired) electrons. The van der Waals surface area contributed by atoms with Crippen LogP contribution in [-0.4, -0.2) is 50.2 Å². The molecule has 9 nitrogen and oxygen atoms in total. The molecule has 1 saturated carbocycles. The molecule has 0 bridgehead atoms. The Labute approximate surface area is 221 Å². The first kappa shape index (κ1) is 24.4. The highest BCUT2D eigenvalue weighted by Gasteiger charge is 2.32. The molecule has 6 rings (SSSR count). The van der Waals surface area contributed by atoms with Crippen LogP contribution in [0.1, 0.15) is 42.1 Å². The molecule has 2 N–H and O–H groups in total. The Morgan fingerprint density at radius 2 is 2.00 bits per heavy atom. The number of carboxylic acid groups (broad SMARTS) is 1. The van der Waals surface area contributed by atoms with Gasteiger partial charge in [-0.05, 0) is 37.5 Å². The van der Waals surface area contributed by atoms with Gasteiger partial charge in [0, 0.05) is 44.3 Å². The number of imidazole rings is 1. The van der Waals surface area contributed by atoms with E-state index in [4.69, 9.17) is 11.6 Å². The molecular formula is C27H25ClFN5O4. The van der Waals surface area contributed by atoms with Gasteiger partial charge in [0.05, 0.1) is 39.0 Å². The van der Waals surface area contributed by atoms with Gasteiger partial charge < -0.3 is 24.5 Å². The van der Waals surface area contributed by atoms with Gasteiger partial charge in [0.25, 0.3) is 0 Å². The predicted octanol–water partition coefficient (Wildman–Crippen LogP) is 3.96. The normalized spacial score (nSPS) is 17.4. The molecular weight excluding hydrogens is 513 g/mol. The molecule has 3 heterocycles. The van der Waals surface area contributed by atoms with E-state index in [0.29, 0.717) is 31.6 Å². The van der Waals surface area contributed by atoms with Crippen molar-refractivity contribution in [1.82, 2.24) is 19.4 Å². The number of aromatic carboxylic acids is 1. The summed E-state index contributed by atoms with van der Waals surface area (Å²) in [7, 11) is 0. The summed E-state index contributed by atoms with van der Waals surface area (Å²) in [5.74, 6) is -2.15. The molecule has 0 spiro atoms. The van der Waals surface area contributed by atoms with Crippen LogP contribution in [0.4, 0.5) is 10.1 Å². The minimum Gasteiger partial charge on any atom is -0.477 e. The van der Waals surface area contributed by atoms with E-state index in [9.17, 15) is 19.5 Å². The van der Waals surface area contributed by atoms with Crippen LogP contribution < -0.4 is 15.6 Å². The number of carboxylic acids is 1. The molecule has 38 heavy (non-hydrogen) atoms. The van der Waals surface area contributed by atoms with Gasteiger partial charge in [0.15, 0.2) is 0 Å². The highest BCUT2D eigenvalue weighted by Crippen LogP contribution is 2.42. The third kappa shape index (κ3) is 4.28. The van der Waals surface area contributed by atoms with Crippen LogP contribution in [0.3, 0.4) is 0 Å². The van der Waals surface area contributed by atoms with Crippen molar-refractivity contribution in [2.75, 3.05) is 18.0 Å². The fraction of sp³-hybridized carbons (Fsp3) is 0.333. The molecule has 2 aromatic heterocycles. The standard InChI is InChI=1S/C27H25ClFN5O4/c28-23-24-17(26(36)18(27(37)38)13-34(24)16-5-6-16)11-19(29)25(23)32-9-7-15(12-32)31-22(35)8-10-33-14-30-20-3-1-2-4-21(20)33/h1-4,11,13-16H,5-10,12H2,(H,31,35)(H,37,38). The Morgan fingerprint density at radius 1 is 1.21 bits per heavy atom. The van der Waals surface area contributed by atoms with Crippen LogP contribution in [0.5, 0.6) is 0 Å². The second-order valence-corrected chi connectivity index (χ2v) is 10.3. The van der Waals surface area contributed by atoms with Crippen LogP contribution >= 0.6 is 11.6 Å². The average molecular weight is 538 g/mol. The quantitative estimate of drug-likeness (QED) is 0.369. The highest BCUT2D eigenvalue weighted by atomic mass is 35.5. The topological polar surface area (TPSA) is 109 Å². The summed E-state index contributed by atoms with van der Waals surface area (Å²) < 4.78 is 19.0. The van der Waals surface area contributed by atoms with E-state index >= 15 is 4.39 Å². The smallest absolute Gasteiger partial charge is 0.341 e. The van der Waals surface area contributed by atoms with Gasteiger partial charge in [-0.2, -0.15) is 0 Å². The molecule has 2 aromatic carbocycles. The zero-order chi connectivity index (χ0) is 26.6. The van der Waals surface area contributed by atoms with Gasteiger partial charge in [-0.15, -0.1) is 0 Å². The second-order valence-electron chi connectivity index (χ2n) is 9.91. The van der Waals surface area contributed by atoms with Crippen LogP contribution in [0, 0.1) is 5.82 Å². The summed E-state index contributed by atoms with van der Waals surface area (Å²) in [6.45, 7) is 1.33. The number of rotatable bonds is 7. The van der Waals surface area contributed by atoms with Crippen LogP contribution in [0.15, 0.2) is 47.7 Å². The number of anilines is 1. The van der Waals surface area contributed by atoms with Crippen LogP contribution in [0.2, 0.25) is 5.02 Å². The number of halogens is 2. The SMILES string of the molecule is O=C(CCn1cnc2ccccc21)NC1CCN(c2c(F)cc3c(=O)c(C(=O)O)cn(C4CC4)c3c2Cl)C1. The molecule has 11 heteroatoms. The van der Waals surface area contributed by atoms with Gasteiger partial charge in [0.1, 0.15) is 11.4 Å². The van der Waals surface area contributed by atoms with Gasteiger partial charge in [-0.1, -0.05) is 23.7 Å². The molecule has 1 atom stereocenters. The molecule has 4 aromatic rings. The number of nitrogens with zero attached hydrogens (tertiary/aromatic N) is 4. The molecule has 1 saturated heterocycles. The van der Waals surface area contributed by atoms with Crippen molar-refractivity contribution in [2.24, 2.45) is 0 Å². The molecule has 1 unspecified atom stereocenters. The van der Waals surface area contributed by atoms with Crippen molar-refractivity contribution in [2.45, 2.75) is 44.3 Å². The number of aryl methyl sites for hydroxylation is 1. The van der Waals surface area contributed by atoms with E-state index in [-0.39, 0.29) is 40.5 Å². The van der Waals surface area contributed by atoms with Gasteiger partial charge in [-0.3, -0.25) is 9.59 Å². The summed E-state index contributed by atoms with van der Waals surface area (Å²) in [6.07, 6.45) is 5.58. The molecule has 1 aliphatic heterocycles. The third-order valence-corrected chi connectivity index (χ3v) is 7.69. The van der Waals surface area contributed by atoms with Crippen molar-refractivity contribution in [1.29, 1.82) is 0 Å². The number of nitrogens with one attached hydrogen (secondary N) is 1. The number of para-hydroxylation sites is 2. The van der Waals surface area contributed by atoms with Crippen molar-refractivity contribution >= 4 is 51.1 Å². The summed E-state index contributed by atoms with van der Waals surface area (Å²) in [6, 6.07) is 8.65. The van der Waals surface area contributed by atoms with Crippen molar-refractivity contribution in [3.63, 3.8) is 0 Å². The Bertz CT molecular complexity index is 1660. The van der Waals surface area contributed by atoms with Gasteiger partial charge in [-0.25, -0.2) is 14.2 Å². The Balaban J connectivity index is 1.20. The maximum absolute atomic E-state index is 15.4. The first-order valence-corrected chi connectivity index (χ1v) is 12.9. The Morgan fingerprint density at radius 3 is 2.76 bits per heavy atom. The zero-order valence-electron chi connectivity index (χ0n) is 20.4. The maximum atomic E-state index is 15.4. The fourth-order valence-electron chi connectivity index (χ4n) is 5.31. The number of fused-ring (bicyclic) bond motifs is 2. The number of carbonyl (C=O) groups excluding carboxylic acids is 1. The van der Waals surface area contributed by atoms with Crippen molar-refractivity contribution in [3.05, 3.63) is 69.5 Å². The monoisotopic (exact) mass is 537 g/mol. The van der Waals surface area contributed by atoms with Crippen LogP contribution in [0.25, 0.3) is 21.9 Å². The lowest BCUT2D eigenvalue weighted by Gasteiger charge is -2.23. The lowest BCUT2D eigenvalue weighted by molar-refractivity contribution is -0.121. The molecule has 2 fully saturated rings. The average Bonchev–Trinajstić information content (AvgIpc) is 3.50. The van der Waals surface area contributed by atoms with Crippen molar-refractivity contribution < 1.29 is 19.1 Å². The molecule has 1 aliphatic carbocycles. The third-order valence-electron chi connectivity index (χ3n) is 7.33. The lowest BCUT2D eigenvalue weighted by Crippen LogP contribution is -2.37. The summed E-state index contributed by atoms with van der Waals surface area (Å²) in [5, 5.41) is 12.5. The van der Waals surface area contributed by atoms with Crippen LogP contribution in [-0.2, 0) is 11.3 Å². The van der Waals surface area contributed by atoms with E-state index < -0.39 is 22.8 Å². The number of amides is 1. The van der Waals surface area contributed by atoms with Crippen molar-refractivity contribution in [3.8, 4) is 0 Å². The second kappa shape index (κ2) is 9.43. The predicted molar refractivity (Wildman–Crippen MR) is 142 cm³/mol. The van der Waals surface area contributed by atoms with Gasteiger partial charge >= 0.3 is 5.97 Å². The first-order chi connectivity index (χ1) is 18.3. The molecule has 2 aliphatic rings. The summed E-state index contributed by atoms with van der Waals surface area (Å²) in [5.41, 5.74) is 1.20. The Hall–Kier alpha value is -3.92. The minimum absolute atomic E-state index is 0.0187. The summed E-state index contributed by atoms with van der Waals surface area (Å²) in [4.78, 5) is 43.2. The van der Waals surface area contributed by atoms with Gasteiger partial charge in [0.2, 0.25) is 11.3 Å². The molecule has 196 valence electrons. The first-order valence-electron chi connectivity index (χ1n) is 12.6. The van der Waals surface area contributed by atoms with E-state index in [1.807, 2.05) is 28.8 Å². The number of carbonyl (C=O) groups is 2.